The van der Waals surface area contributed by atoms with Crippen LogP contribution >= 0.6 is 0 Å². The van der Waals surface area contributed by atoms with Gasteiger partial charge in [0.2, 0.25) is 5.91 Å². The van der Waals surface area contributed by atoms with Crippen LogP contribution in [0.1, 0.15) is 121 Å². The van der Waals surface area contributed by atoms with Gasteiger partial charge in [-0.1, -0.05) is 77.1 Å². The second-order valence-corrected chi connectivity index (χ2v) is 18.6. The lowest BCUT2D eigenvalue weighted by Crippen LogP contribution is -2.66. The number of carbonyl (C=O) groups is 2. The van der Waals surface area contributed by atoms with Gasteiger partial charge < -0.3 is 15.2 Å². The zero-order valence-electron chi connectivity index (χ0n) is 32.2. The molecule has 0 bridgehead atoms. The largest absolute Gasteiger partial charge is 0.497 e. The van der Waals surface area contributed by atoms with Crippen LogP contribution in [0.2, 0.25) is 0 Å². The van der Waals surface area contributed by atoms with Gasteiger partial charge in [-0.2, -0.15) is 0 Å². The fourth-order valence-corrected chi connectivity index (χ4v) is 13.7. The number of benzene rings is 2. The molecule has 51 heavy (non-hydrogen) atoms. The highest BCUT2D eigenvalue weighted by Gasteiger charge is 2.71. The molecule has 4 saturated carbocycles. The normalized spacial score (nSPS) is 37.9. The molecule has 0 aliphatic heterocycles. The van der Waals surface area contributed by atoms with Gasteiger partial charge in [0.05, 0.1) is 18.1 Å². The molecule has 7 rings (SSSR count). The number of amides is 1. The summed E-state index contributed by atoms with van der Waals surface area (Å²) in [5.74, 6) is 2.71. The van der Waals surface area contributed by atoms with Crippen molar-refractivity contribution in [3.63, 3.8) is 0 Å². The zero-order chi connectivity index (χ0) is 36.6. The Hall–Kier alpha value is -3.34. The SMILES string of the molecule is C=C(C)[C@@H]1CC[C@]2(C(=O)NCCc3ccc(OC)cc3)CC[C@]3(C)[C@H](CC[C@@H]4[C@@]5(C)CC=C(c6ccc(C(=O)O)cc6)C(C)(C)[C@@H]5CC[C@]43C)[C@@H]12. The van der Waals surface area contributed by atoms with Crippen LogP contribution < -0.4 is 10.1 Å². The third-order valence-electron chi connectivity index (χ3n) is 16.4. The first-order valence-corrected chi connectivity index (χ1v) is 19.7. The molecule has 4 fully saturated rings. The quantitative estimate of drug-likeness (QED) is 0.270. The van der Waals surface area contributed by atoms with Gasteiger partial charge in [0, 0.05) is 6.54 Å². The van der Waals surface area contributed by atoms with E-state index in [1.807, 2.05) is 24.3 Å². The first-order chi connectivity index (χ1) is 24.1. The second kappa shape index (κ2) is 12.7. The van der Waals surface area contributed by atoms with Crippen molar-refractivity contribution in [1.82, 2.24) is 5.32 Å². The van der Waals surface area contributed by atoms with E-state index in [1.165, 1.54) is 42.4 Å². The topological polar surface area (TPSA) is 75.6 Å². The van der Waals surface area contributed by atoms with E-state index >= 15 is 0 Å². The number of methoxy groups -OCH3 is 1. The van der Waals surface area contributed by atoms with Crippen molar-refractivity contribution in [2.45, 2.75) is 106 Å². The van der Waals surface area contributed by atoms with Crippen LogP contribution in [0.25, 0.3) is 5.57 Å². The summed E-state index contributed by atoms with van der Waals surface area (Å²) in [5.41, 5.74) is 5.59. The number of aromatic carboxylic acids is 1. The second-order valence-electron chi connectivity index (χ2n) is 18.6. The predicted molar refractivity (Wildman–Crippen MR) is 205 cm³/mol. The average Bonchev–Trinajstić information content (AvgIpc) is 3.50. The molecule has 5 nitrogen and oxygen atoms in total. The fourth-order valence-electron chi connectivity index (χ4n) is 13.7. The molecule has 0 unspecified atom stereocenters. The first-order valence-electron chi connectivity index (χ1n) is 19.7. The Morgan fingerprint density at radius 2 is 1.57 bits per heavy atom. The van der Waals surface area contributed by atoms with E-state index < -0.39 is 5.97 Å². The Balaban J connectivity index is 1.15. The van der Waals surface area contributed by atoms with Crippen LogP contribution in [0.4, 0.5) is 0 Å². The maximum absolute atomic E-state index is 14.5. The molecule has 0 saturated heterocycles. The van der Waals surface area contributed by atoms with Gasteiger partial charge in [0.1, 0.15) is 5.75 Å². The number of hydrogen-bond acceptors (Lipinski definition) is 3. The van der Waals surface area contributed by atoms with E-state index in [9.17, 15) is 14.7 Å². The average molecular weight is 692 g/mol. The van der Waals surface area contributed by atoms with Gasteiger partial charge in [-0.15, -0.1) is 0 Å². The highest BCUT2D eigenvalue weighted by molar-refractivity contribution is 5.88. The molecule has 0 spiro atoms. The predicted octanol–water partition coefficient (Wildman–Crippen LogP) is 10.4. The highest BCUT2D eigenvalue weighted by Crippen LogP contribution is 2.77. The lowest BCUT2D eigenvalue weighted by Gasteiger charge is -2.72. The summed E-state index contributed by atoms with van der Waals surface area (Å²) in [4.78, 5) is 26.1. The maximum atomic E-state index is 14.5. The number of nitrogens with one attached hydrogen (secondary N) is 1. The zero-order valence-corrected chi connectivity index (χ0v) is 32.2. The minimum Gasteiger partial charge on any atom is -0.497 e. The summed E-state index contributed by atoms with van der Waals surface area (Å²) in [7, 11) is 1.69. The summed E-state index contributed by atoms with van der Waals surface area (Å²) in [6.07, 6.45) is 13.4. The molecule has 0 aromatic heterocycles. The number of carboxylic acid groups (broad SMARTS) is 1. The van der Waals surface area contributed by atoms with Crippen molar-refractivity contribution in [1.29, 1.82) is 0 Å². The summed E-state index contributed by atoms with van der Waals surface area (Å²) in [5, 5.41) is 13.0. The van der Waals surface area contributed by atoms with E-state index in [2.05, 4.69) is 71.6 Å². The molecule has 5 heteroatoms. The van der Waals surface area contributed by atoms with E-state index in [0.29, 0.717) is 41.7 Å². The van der Waals surface area contributed by atoms with Crippen LogP contribution in [0.5, 0.6) is 5.75 Å². The van der Waals surface area contributed by atoms with Crippen LogP contribution in [-0.2, 0) is 11.2 Å². The number of carbonyl (C=O) groups excluding carboxylic acids is 1. The lowest BCUT2D eigenvalue weighted by molar-refractivity contribution is -0.225. The number of carboxylic acids is 1. The molecule has 0 heterocycles. The van der Waals surface area contributed by atoms with E-state index in [1.54, 1.807) is 19.2 Å². The number of allylic oxidation sites excluding steroid dienone is 3. The molecule has 1 amide bonds. The molecule has 5 aliphatic carbocycles. The molecule has 2 N–H and O–H groups in total. The minimum absolute atomic E-state index is 0.0149. The molecule has 2 aromatic rings. The Morgan fingerprint density at radius 1 is 0.863 bits per heavy atom. The van der Waals surface area contributed by atoms with Crippen LogP contribution in [0, 0.1) is 56.7 Å². The maximum Gasteiger partial charge on any atom is 0.335 e. The van der Waals surface area contributed by atoms with Crippen molar-refractivity contribution < 1.29 is 19.4 Å². The van der Waals surface area contributed by atoms with Gasteiger partial charge in [-0.25, -0.2) is 4.79 Å². The standard InChI is InChI=1S/C46H61NO4/c1-29(2)34-19-25-46(41(50)47-28-22-30-9-15-33(51-8)16-10-30)27-26-44(6)36(39(34)46)17-18-38-43(5)23-20-35(31-11-13-32(14-12-31)40(48)49)42(3,4)37(43)21-24-45(38,44)7/h9-16,20,34,36-39H,1,17-19,21-28H2,2-8H3,(H,47,50)(H,48,49)/t34-,36+,37-,38+,39+,43-,44+,45+,46-/m0/s1. The molecule has 274 valence electrons. The number of fused-ring (bicyclic) bond motifs is 7. The number of hydrogen-bond donors (Lipinski definition) is 2. The van der Waals surface area contributed by atoms with Gasteiger partial charge in [-0.05, 0) is 163 Å². The summed E-state index contributed by atoms with van der Waals surface area (Å²) in [6.45, 7) is 20.2. The molecule has 9 atom stereocenters. The number of ether oxygens (including phenoxy) is 1. The summed E-state index contributed by atoms with van der Waals surface area (Å²) >= 11 is 0. The highest BCUT2D eigenvalue weighted by atomic mass is 16.5. The number of rotatable bonds is 8. The third-order valence-corrected chi connectivity index (χ3v) is 16.4. The smallest absolute Gasteiger partial charge is 0.335 e. The molecule has 5 aliphatic rings. The van der Waals surface area contributed by atoms with Gasteiger partial charge in [0.25, 0.3) is 0 Å². The van der Waals surface area contributed by atoms with Gasteiger partial charge in [0.15, 0.2) is 0 Å². The van der Waals surface area contributed by atoms with Gasteiger partial charge >= 0.3 is 5.97 Å². The van der Waals surface area contributed by atoms with Gasteiger partial charge in [-0.3, -0.25) is 4.79 Å². The molecule has 0 radical (unpaired) electrons. The Kier molecular flexibility index (Phi) is 8.95. The van der Waals surface area contributed by atoms with E-state index in [-0.39, 0.29) is 33.0 Å². The van der Waals surface area contributed by atoms with Crippen molar-refractivity contribution >= 4 is 17.4 Å². The lowest BCUT2D eigenvalue weighted by atomic mass is 9.32. The van der Waals surface area contributed by atoms with Crippen molar-refractivity contribution in [3.05, 3.63) is 83.4 Å². The Morgan fingerprint density at radius 3 is 2.22 bits per heavy atom. The summed E-state index contributed by atoms with van der Waals surface area (Å²) in [6, 6.07) is 15.7. The minimum atomic E-state index is -0.876. The Bertz CT molecular complexity index is 1720. The fraction of sp³-hybridized carbons (Fsp3) is 0.609. The van der Waals surface area contributed by atoms with Crippen LogP contribution in [-0.4, -0.2) is 30.6 Å². The molecule has 2 aromatic carbocycles. The molecular formula is C46H61NO4. The van der Waals surface area contributed by atoms with E-state index in [4.69, 9.17) is 4.74 Å². The van der Waals surface area contributed by atoms with Crippen molar-refractivity contribution in [3.8, 4) is 5.75 Å². The van der Waals surface area contributed by atoms with Crippen molar-refractivity contribution in [2.24, 2.45) is 56.7 Å². The van der Waals surface area contributed by atoms with Crippen molar-refractivity contribution in [2.75, 3.05) is 13.7 Å². The van der Waals surface area contributed by atoms with Crippen LogP contribution in [0.3, 0.4) is 0 Å². The monoisotopic (exact) mass is 691 g/mol. The Labute approximate surface area is 306 Å². The summed E-state index contributed by atoms with van der Waals surface area (Å²) < 4.78 is 5.33. The first kappa shape index (κ1) is 36.0. The van der Waals surface area contributed by atoms with E-state index in [0.717, 1.165) is 49.8 Å². The molecular weight excluding hydrogens is 631 g/mol. The third kappa shape index (κ3) is 5.37. The van der Waals surface area contributed by atoms with Crippen LogP contribution in [0.15, 0.2) is 66.8 Å².